The molecule has 0 unspecified atom stereocenters. The molecular formula is C25H34ClN3O4. The summed E-state index contributed by atoms with van der Waals surface area (Å²) >= 11 is 5.93. The van der Waals surface area contributed by atoms with Crippen molar-refractivity contribution in [2.75, 3.05) is 37.8 Å². The second kappa shape index (κ2) is 11.7. The molecule has 7 nitrogen and oxygen atoms in total. The lowest BCUT2D eigenvalue weighted by atomic mass is 9.92. The summed E-state index contributed by atoms with van der Waals surface area (Å²) in [5, 5.41) is 22.1. The Kier molecular flexibility index (Phi) is 8.95. The first-order valence-electron chi connectivity index (χ1n) is 11.5. The van der Waals surface area contributed by atoms with Crippen molar-refractivity contribution in [2.24, 2.45) is 5.92 Å². The van der Waals surface area contributed by atoms with Crippen LogP contribution in [0.2, 0.25) is 5.02 Å². The molecule has 3 N–H and O–H groups in total. The average molecular weight is 476 g/mol. The number of aliphatic hydroxyl groups excluding tert-OH is 2. The Morgan fingerprint density at radius 2 is 1.97 bits per heavy atom. The number of hydrogen-bond acceptors (Lipinski definition) is 6. The molecule has 1 fully saturated rings. The Labute approximate surface area is 200 Å². The number of carbonyl (C=O) groups is 1. The third-order valence-electron chi connectivity index (χ3n) is 6.23. The largest absolute Gasteiger partial charge is 0.494 e. The quantitative estimate of drug-likeness (QED) is 0.454. The monoisotopic (exact) mass is 475 g/mol. The molecule has 1 aromatic heterocycles. The van der Waals surface area contributed by atoms with Crippen molar-refractivity contribution >= 4 is 23.3 Å². The zero-order valence-corrected chi connectivity index (χ0v) is 20.1. The standard InChI is InChI=1S/C25H34ClN3O4/c1-18-14-21(6-7-22(18)24(32)28-25(2,16-30)17-31)33-13-3-4-19-9-11-29(12-10-19)23-8-5-20(26)15-27-23/h5-8,14-15,19,30-31H,3-4,9-13,16-17H2,1-2H3,(H,28,32). The van der Waals surface area contributed by atoms with E-state index in [-0.39, 0.29) is 19.1 Å². The van der Waals surface area contributed by atoms with Gasteiger partial charge in [0.1, 0.15) is 11.6 Å². The highest BCUT2D eigenvalue weighted by atomic mass is 35.5. The number of rotatable bonds is 10. The lowest BCUT2D eigenvalue weighted by molar-refractivity contribution is 0.0723. The first-order valence-corrected chi connectivity index (χ1v) is 11.9. The summed E-state index contributed by atoms with van der Waals surface area (Å²) in [6.45, 7) is 5.41. The van der Waals surface area contributed by atoms with Crippen LogP contribution >= 0.6 is 11.6 Å². The summed E-state index contributed by atoms with van der Waals surface area (Å²) in [5.74, 6) is 2.09. The van der Waals surface area contributed by atoms with Gasteiger partial charge >= 0.3 is 0 Å². The fourth-order valence-corrected chi connectivity index (χ4v) is 4.13. The van der Waals surface area contributed by atoms with Crippen molar-refractivity contribution in [1.29, 1.82) is 0 Å². The van der Waals surface area contributed by atoms with Crippen LogP contribution in [-0.2, 0) is 0 Å². The predicted molar refractivity (Wildman–Crippen MR) is 130 cm³/mol. The first kappa shape index (κ1) is 25.3. The third-order valence-corrected chi connectivity index (χ3v) is 6.46. The van der Waals surface area contributed by atoms with Crippen LogP contribution in [0.15, 0.2) is 36.5 Å². The van der Waals surface area contributed by atoms with Crippen LogP contribution in [0.4, 0.5) is 5.82 Å². The van der Waals surface area contributed by atoms with E-state index in [0.717, 1.165) is 55.9 Å². The number of ether oxygens (including phenoxy) is 1. The van der Waals surface area contributed by atoms with Crippen LogP contribution < -0.4 is 15.0 Å². The lowest BCUT2D eigenvalue weighted by Crippen LogP contribution is -2.51. The van der Waals surface area contributed by atoms with Gasteiger partial charge in [-0.1, -0.05) is 11.6 Å². The van der Waals surface area contributed by atoms with Crippen molar-refractivity contribution in [1.82, 2.24) is 10.3 Å². The van der Waals surface area contributed by atoms with Gasteiger partial charge in [-0.05, 0) is 81.3 Å². The molecule has 0 radical (unpaired) electrons. The number of aliphatic hydroxyl groups is 2. The van der Waals surface area contributed by atoms with Crippen molar-refractivity contribution in [3.8, 4) is 5.75 Å². The van der Waals surface area contributed by atoms with Gasteiger partial charge in [-0.15, -0.1) is 0 Å². The van der Waals surface area contributed by atoms with Gasteiger partial charge in [-0.25, -0.2) is 4.98 Å². The Morgan fingerprint density at radius 1 is 1.24 bits per heavy atom. The number of nitrogens with zero attached hydrogens (tertiary/aromatic N) is 2. The molecule has 0 atom stereocenters. The SMILES string of the molecule is Cc1cc(OCCCC2CCN(c3ccc(Cl)cn3)CC2)ccc1C(=O)NC(C)(CO)CO. The number of aromatic nitrogens is 1. The minimum Gasteiger partial charge on any atom is -0.494 e. The van der Waals surface area contributed by atoms with Gasteiger partial charge in [0.25, 0.3) is 5.91 Å². The van der Waals surface area contributed by atoms with E-state index >= 15 is 0 Å². The molecule has 33 heavy (non-hydrogen) atoms. The van der Waals surface area contributed by atoms with Crippen LogP contribution in [-0.4, -0.2) is 59.6 Å². The van der Waals surface area contributed by atoms with Gasteiger partial charge in [0.15, 0.2) is 0 Å². The predicted octanol–water partition coefficient (Wildman–Crippen LogP) is 3.59. The summed E-state index contributed by atoms with van der Waals surface area (Å²) in [5.41, 5.74) is 0.226. The van der Waals surface area contributed by atoms with E-state index in [2.05, 4.69) is 15.2 Å². The third kappa shape index (κ3) is 7.06. The summed E-state index contributed by atoms with van der Waals surface area (Å²) in [6.07, 6.45) is 6.10. The lowest BCUT2D eigenvalue weighted by Gasteiger charge is -2.32. The molecule has 180 valence electrons. The van der Waals surface area contributed by atoms with E-state index in [4.69, 9.17) is 16.3 Å². The van der Waals surface area contributed by atoms with Crippen LogP contribution in [0, 0.1) is 12.8 Å². The van der Waals surface area contributed by atoms with Crippen molar-refractivity contribution in [2.45, 2.75) is 45.1 Å². The minimum atomic E-state index is -1.06. The molecule has 0 saturated carbocycles. The molecule has 1 aromatic carbocycles. The molecule has 0 spiro atoms. The summed E-state index contributed by atoms with van der Waals surface area (Å²) in [6, 6.07) is 9.21. The smallest absolute Gasteiger partial charge is 0.252 e. The number of benzene rings is 1. The fraction of sp³-hybridized carbons (Fsp3) is 0.520. The average Bonchev–Trinajstić information content (AvgIpc) is 2.82. The number of amides is 1. The fourth-order valence-electron chi connectivity index (χ4n) is 4.02. The summed E-state index contributed by atoms with van der Waals surface area (Å²) < 4.78 is 5.91. The van der Waals surface area contributed by atoms with E-state index in [9.17, 15) is 15.0 Å². The molecule has 2 heterocycles. The second-order valence-electron chi connectivity index (χ2n) is 9.06. The van der Waals surface area contributed by atoms with Gasteiger partial charge in [0.05, 0.1) is 30.4 Å². The number of halogens is 1. The zero-order chi connectivity index (χ0) is 23.8. The molecule has 3 rings (SSSR count). The van der Waals surface area contributed by atoms with Crippen molar-refractivity contribution < 1.29 is 19.7 Å². The summed E-state index contributed by atoms with van der Waals surface area (Å²) in [4.78, 5) is 19.2. The molecule has 1 aliphatic heterocycles. The Bertz CT molecular complexity index is 910. The van der Waals surface area contributed by atoms with E-state index in [1.807, 2.05) is 25.1 Å². The number of aryl methyl sites for hydroxylation is 1. The maximum Gasteiger partial charge on any atom is 0.252 e. The van der Waals surface area contributed by atoms with E-state index in [1.165, 1.54) is 0 Å². The number of hydrogen-bond donors (Lipinski definition) is 3. The highest BCUT2D eigenvalue weighted by Gasteiger charge is 2.26. The highest BCUT2D eigenvalue weighted by molar-refractivity contribution is 6.30. The highest BCUT2D eigenvalue weighted by Crippen LogP contribution is 2.26. The number of pyridine rings is 1. The van der Waals surface area contributed by atoms with Crippen molar-refractivity contribution in [3.63, 3.8) is 0 Å². The number of anilines is 1. The Balaban J connectivity index is 1.40. The van der Waals surface area contributed by atoms with Crippen LogP contribution in [0.3, 0.4) is 0 Å². The molecule has 1 amide bonds. The molecule has 1 aliphatic rings. The molecule has 0 aliphatic carbocycles. The number of piperidine rings is 1. The van der Waals surface area contributed by atoms with Crippen LogP contribution in [0.25, 0.3) is 0 Å². The van der Waals surface area contributed by atoms with Gasteiger partial charge < -0.3 is 25.2 Å². The van der Waals surface area contributed by atoms with Crippen molar-refractivity contribution in [3.05, 3.63) is 52.7 Å². The van der Waals surface area contributed by atoms with Crippen LogP contribution in [0.1, 0.15) is 48.5 Å². The molecule has 1 saturated heterocycles. The minimum absolute atomic E-state index is 0.329. The summed E-state index contributed by atoms with van der Waals surface area (Å²) in [7, 11) is 0. The van der Waals surface area contributed by atoms with Gasteiger partial charge in [0.2, 0.25) is 0 Å². The first-order chi connectivity index (χ1) is 15.8. The molecule has 2 aromatic rings. The molecular weight excluding hydrogens is 442 g/mol. The maximum atomic E-state index is 12.5. The maximum absolute atomic E-state index is 12.5. The molecule has 0 bridgehead atoms. The Hall–Kier alpha value is -2.35. The van der Waals surface area contributed by atoms with Gasteiger partial charge in [0, 0.05) is 24.8 Å². The zero-order valence-electron chi connectivity index (χ0n) is 19.4. The van der Waals surface area contributed by atoms with E-state index in [1.54, 1.807) is 25.3 Å². The Morgan fingerprint density at radius 3 is 2.58 bits per heavy atom. The molecule has 8 heteroatoms. The van der Waals surface area contributed by atoms with E-state index in [0.29, 0.717) is 23.1 Å². The van der Waals surface area contributed by atoms with Gasteiger partial charge in [-0.2, -0.15) is 0 Å². The number of carbonyl (C=O) groups excluding carboxylic acids is 1. The topological polar surface area (TPSA) is 94.9 Å². The van der Waals surface area contributed by atoms with Gasteiger partial charge in [-0.3, -0.25) is 4.79 Å². The number of nitrogens with one attached hydrogen (secondary N) is 1. The second-order valence-corrected chi connectivity index (χ2v) is 9.50. The normalized spacial score (nSPS) is 14.9. The van der Waals surface area contributed by atoms with Crippen LogP contribution in [0.5, 0.6) is 5.75 Å². The van der Waals surface area contributed by atoms with E-state index < -0.39 is 5.54 Å².